The molecule has 0 spiro atoms. The minimum atomic E-state index is -0.512. The first-order valence-corrected chi connectivity index (χ1v) is 6.21. The van der Waals surface area contributed by atoms with Crippen molar-refractivity contribution in [3.63, 3.8) is 0 Å². The molecule has 0 aromatic carbocycles. The second-order valence-corrected chi connectivity index (χ2v) is 5.93. The Morgan fingerprint density at radius 2 is 1.88 bits per heavy atom. The van der Waals surface area contributed by atoms with Crippen molar-refractivity contribution in [2.24, 2.45) is 5.92 Å². The van der Waals surface area contributed by atoms with Gasteiger partial charge in [-0.15, -0.1) is 0 Å². The van der Waals surface area contributed by atoms with E-state index in [-0.39, 0.29) is 17.9 Å². The number of likely N-dealkylation sites (tertiary alicyclic amines) is 1. The fraction of sp³-hybridized carbons (Fsp3) is 0.846. The summed E-state index contributed by atoms with van der Waals surface area (Å²) in [4.78, 5) is 25.1. The lowest BCUT2D eigenvalue weighted by atomic mass is 9.91. The van der Waals surface area contributed by atoms with Gasteiger partial charge >= 0.3 is 6.09 Å². The molecule has 1 aliphatic rings. The van der Waals surface area contributed by atoms with Crippen molar-refractivity contribution in [2.75, 3.05) is 6.54 Å². The SMILES string of the molecule is CC(=O)C1CC(C)CCN1C(=O)OC(C)(C)C. The predicted molar refractivity (Wildman–Crippen MR) is 65.8 cm³/mol. The molecule has 0 saturated carbocycles. The molecule has 4 nitrogen and oxygen atoms in total. The van der Waals surface area contributed by atoms with Crippen LogP contribution in [0.1, 0.15) is 47.5 Å². The molecular weight excluding hydrogens is 218 g/mol. The van der Waals surface area contributed by atoms with Gasteiger partial charge in [-0.25, -0.2) is 4.79 Å². The van der Waals surface area contributed by atoms with Gasteiger partial charge in [0.2, 0.25) is 0 Å². The van der Waals surface area contributed by atoms with Crippen LogP contribution in [0.2, 0.25) is 0 Å². The summed E-state index contributed by atoms with van der Waals surface area (Å²) in [6.45, 7) is 9.77. The van der Waals surface area contributed by atoms with Crippen molar-refractivity contribution in [3.05, 3.63) is 0 Å². The van der Waals surface area contributed by atoms with Gasteiger partial charge in [0, 0.05) is 6.54 Å². The van der Waals surface area contributed by atoms with Gasteiger partial charge in [0.05, 0.1) is 6.04 Å². The number of nitrogens with zero attached hydrogens (tertiary/aromatic N) is 1. The lowest BCUT2D eigenvalue weighted by molar-refractivity contribution is -0.123. The number of piperidine rings is 1. The number of hydrogen-bond acceptors (Lipinski definition) is 3. The van der Waals surface area contributed by atoms with Gasteiger partial charge in [-0.3, -0.25) is 9.69 Å². The van der Waals surface area contributed by atoms with Gasteiger partial charge < -0.3 is 4.74 Å². The van der Waals surface area contributed by atoms with Crippen LogP contribution in [0.3, 0.4) is 0 Å². The molecule has 0 aromatic heterocycles. The molecule has 0 aromatic rings. The number of carbonyl (C=O) groups excluding carboxylic acids is 2. The van der Waals surface area contributed by atoms with E-state index < -0.39 is 5.60 Å². The lowest BCUT2D eigenvalue weighted by Gasteiger charge is -2.37. The maximum atomic E-state index is 12.0. The molecule has 17 heavy (non-hydrogen) atoms. The molecule has 0 bridgehead atoms. The zero-order valence-corrected chi connectivity index (χ0v) is 11.4. The summed E-state index contributed by atoms with van der Waals surface area (Å²) in [7, 11) is 0. The van der Waals surface area contributed by atoms with Gasteiger partial charge in [0.15, 0.2) is 5.78 Å². The first-order valence-electron chi connectivity index (χ1n) is 6.21. The highest BCUT2D eigenvalue weighted by atomic mass is 16.6. The largest absolute Gasteiger partial charge is 0.444 e. The summed E-state index contributed by atoms with van der Waals surface area (Å²) >= 11 is 0. The third-order valence-electron chi connectivity index (χ3n) is 2.96. The standard InChI is InChI=1S/C13H23NO3/c1-9-6-7-14(11(8-9)10(2)15)12(16)17-13(3,4)5/h9,11H,6-8H2,1-5H3. The summed E-state index contributed by atoms with van der Waals surface area (Å²) in [6.07, 6.45) is 1.31. The van der Waals surface area contributed by atoms with Crippen molar-refractivity contribution in [1.82, 2.24) is 4.90 Å². The van der Waals surface area contributed by atoms with Crippen molar-refractivity contribution in [1.29, 1.82) is 0 Å². The number of ether oxygens (including phenoxy) is 1. The Morgan fingerprint density at radius 3 is 2.35 bits per heavy atom. The molecule has 0 aliphatic carbocycles. The highest BCUT2D eigenvalue weighted by molar-refractivity contribution is 5.85. The lowest BCUT2D eigenvalue weighted by Crippen LogP contribution is -2.50. The van der Waals surface area contributed by atoms with E-state index in [9.17, 15) is 9.59 Å². The van der Waals surface area contributed by atoms with Gasteiger partial charge in [-0.05, 0) is 46.5 Å². The summed E-state index contributed by atoms with van der Waals surface area (Å²) in [5.74, 6) is 0.532. The molecule has 1 heterocycles. The molecule has 1 aliphatic heterocycles. The van der Waals surface area contributed by atoms with E-state index >= 15 is 0 Å². The molecule has 1 saturated heterocycles. The quantitative estimate of drug-likeness (QED) is 0.709. The number of carbonyl (C=O) groups is 2. The molecule has 2 unspecified atom stereocenters. The van der Waals surface area contributed by atoms with E-state index in [0.29, 0.717) is 12.5 Å². The first-order chi connectivity index (χ1) is 7.70. The van der Waals surface area contributed by atoms with E-state index in [1.54, 1.807) is 11.8 Å². The van der Waals surface area contributed by atoms with Gasteiger partial charge in [0.1, 0.15) is 5.60 Å². The van der Waals surface area contributed by atoms with E-state index in [1.807, 2.05) is 20.8 Å². The zero-order valence-electron chi connectivity index (χ0n) is 11.4. The number of hydrogen-bond donors (Lipinski definition) is 0. The first kappa shape index (κ1) is 14.0. The van der Waals surface area contributed by atoms with Crippen LogP contribution < -0.4 is 0 Å². The number of Topliss-reactive ketones (excluding diaryl/α,β-unsaturated/α-hetero) is 1. The van der Waals surface area contributed by atoms with E-state index in [4.69, 9.17) is 4.74 Å². The van der Waals surface area contributed by atoms with Gasteiger partial charge in [-0.1, -0.05) is 6.92 Å². The highest BCUT2D eigenvalue weighted by Crippen LogP contribution is 2.24. The van der Waals surface area contributed by atoms with Crippen LogP contribution in [-0.2, 0) is 9.53 Å². The zero-order chi connectivity index (χ0) is 13.2. The molecule has 0 radical (unpaired) electrons. The molecule has 2 atom stereocenters. The van der Waals surface area contributed by atoms with E-state index in [2.05, 4.69) is 6.92 Å². The molecule has 98 valence electrons. The fourth-order valence-electron chi connectivity index (χ4n) is 2.07. The predicted octanol–water partition coefficient (Wildman–Crippen LogP) is 2.61. The summed E-state index contributed by atoms with van der Waals surface area (Å²) in [5, 5.41) is 0. The molecular formula is C13H23NO3. The smallest absolute Gasteiger partial charge is 0.410 e. The third-order valence-corrected chi connectivity index (χ3v) is 2.96. The summed E-state index contributed by atoms with van der Waals surface area (Å²) < 4.78 is 5.33. The monoisotopic (exact) mass is 241 g/mol. The molecule has 4 heteroatoms. The normalized spacial score (nSPS) is 25.6. The van der Waals surface area contributed by atoms with Crippen LogP contribution >= 0.6 is 0 Å². The van der Waals surface area contributed by atoms with Gasteiger partial charge in [-0.2, -0.15) is 0 Å². The average molecular weight is 241 g/mol. The molecule has 0 N–H and O–H groups in total. The Bertz CT molecular complexity index is 306. The van der Waals surface area contributed by atoms with E-state index in [1.165, 1.54) is 0 Å². The maximum absolute atomic E-state index is 12.0. The summed E-state index contributed by atoms with van der Waals surface area (Å²) in [6, 6.07) is -0.311. The van der Waals surface area contributed by atoms with Crippen LogP contribution in [0.4, 0.5) is 4.79 Å². The molecule has 1 fully saturated rings. The summed E-state index contributed by atoms with van der Waals surface area (Å²) in [5.41, 5.74) is -0.512. The van der Waals surface area contributed by atoms with Crippen molar-refractivity contribution in [2.45, 2.75) is 59.1 Å². The van der Waals surface area contributed by atoms with Gasteiger partial charge in [0.25, 0.3) is 0 Å². The Labute approximate surface area is 103 Å². The van der Waals surface area contributed by atoms with Crippen LogP contribution in [0.15, 0.2) is 0 Å². The van der Waals surface area contributed by atoms with Crippen LogP contribution in [0, 0.1) is 5.92 Å². The highest BCUT2D eigenvalue weighted by Gasteiger charge is 2.35. The van der Waals surface area contributed by atoms with Crippen molar-refractivity contribution >= 4 is 11.9 Å². The Morgan fingerprint density at radius 1 is 1.29 bits per heavy atom. The molecule has 1 amide bonds. The maximum Gasteiger partial charge on any atom is 0.410 e. The van der Waals surface area contributed by atoms with Crippen LogP contribution in [-0.4, -0.2) is 35.0 Å². The fourth-order valence-corrected chi connectivity index (χ4v) is 2.07. The van der Waals surface area contributed by atoms with Crippen molar-refractivity contribution in [3.8, 4) is 0 Å². The Kier molecular flexibility index (Phi) is 4.17. The minimum absolute atomic E-state index is 0.0439. The number of ketones is 1. The minimum Gasteiger partial charge on any atom is -0.444 e. The average Bonchev–Trinajstić information content (AvgIpc) is 2.14. The topological polar surface area (TPSA) is 46.6 Å². The number of amides is 1. The van der Waals surface area contributed by atoms with Crippen LogP contribution in [0.25, 0.3) is 0 Å². The number of rotatable bonds is 1. The van der Waals surface area contributed by atoms with E-state index in [0.717, 1.165) is 12.8 Å². The second-order valence-electron chi connectivity index (χ2n) is 5.93. The van der Waals surface area contributed by atoms with Crippen LogP contribution in [0.5, 0.6) is 0 Å². The molecule has 1 rings (SSSR count). The third kappa shape index (κ3) is 4.02. The Balaban J connectivity index is 2.73. The van der Waals surface area contributed by atoms with Crippen molar-refractivity contribution < 1.29 is 14.3 Å². The second kappa shape index (κ2) is 5.07. The Hall–Kier alpha value is -1.06.